The highest BCUT2D eigenvalue weighted by Crippen LogP contribution is 2.22. The molecule has 0 spiro atoms. The molecule has 18 heavy (non-hydrogen) atoms. The molecule has 100 valence electrons. The molecule has 0 saturated carbocycles. The van der Waals surface area contributed by atoms with E-state index in [9.17, 15) is 0 Å². The van der Waals surface area contributed by atoms with Gasteiger partial charge in [0.15, 0.2) is 0 Å². The van der Waals surface area contributed by atoms with Crippen LogP contribution in [0.15, 0.2) is 24.3 Å². The fourth-order valence-electron chi connectivity index (χ4n) is 2.65. The Balaban J connectivity index is 2.00. The van der Waals surface area contributed by atoms with Crippen molar-refractivity contribution < 1.29 is 0 Å². The Morgan fingerprint density at radius 3 is 2.94 bits per heavy atom. The van der Waals surface area contributed by atoms with E-state index in [1.165, 1.54) is 5.56 Å². The van der Waals surface area contributed by atoms with Crippen molar-refractivity contribution in [1.82, 2.24) is 10.2 Å². The van der Waals surface area contributed by atoms with E-state index in [1.54, 1.807) is 0 Å². The molecule has 1 saturated heterocycles. The van der Waals surface area contributed by atoms with Crippen molar-refractivity contribution in [3.8, 4) is 0 Å². The SMILES string of the molecule is CC(CN1CCNC(C)C1C)c1cccc(Cl)c1. The minimum Gasteiger partial charge on any atom is -0.311 e. The zero-order valence-corrected chi connectivity index (χ0v) is 12.2. The third kappa shape index (κ3) is 3.25. The molecule has 1 fully saturated rings. The van der Waals surface area contributed by atoms with Crippen LogP contribution in [0.2, 0.25) is 5.02 Å². The quantitative estimate of drug-likeness (QED) is 0.904. The second-order valence-corrected chi connectivity index (χ2v) is 5.87. The lowest BCUT2D eigenvalue weighted by Crippen LogP contribution is -2.55. The van der Waals surface area contributed by atoms with Crippen molar-refractivity contribution in [2.75, 3.05) is 19.6 Å². The van der Waals surface area contributed by atoms with E-state index < -0.39 is 0 Å². The van der Waals surface area contributed by atoms with Crippen molar-refractivity contribution in [1.29, 1.82) is 0 Å². The standard InChI is InChI=1S/C15H23ClN2/c1-11(14-5-4-6-15(16)9-14)10-18-8-7-17-12(2)13(18)3/h4-6,9,11-13,17H,7-8,10H2,1-3H3. The van der Waals surface area contributed by atoms with Crippen molar-refractivity contribution in [2.24, 2.45) is 0 Å². The summed E-state index contributed by atoms with van der Waals surface area (Å²) in [6.07, 6.45) is 0. The van der Waals surface area contributed by atoms with Crippen LogP contribution in [-0.2, 0) is 0 Å². The molecule has 0 amide bonds. The van der Waals surface area contributed by atoms with Gasteiger partial charge in [0, 0.05) is 36.7 Å². The van der Waals surface area contributed by atoms with Crippen LogP contribution in [0.3, 0.4) is 0 Å². The van der Waals surface area contributed by atoms with E-state index in [0.29, 0.717) is 18.0 Å². The zero-order valence-electron chi connectivity index (χ0n) is 11.5. The van der Waals surface area contributed by atoms with Gasteiger partial charge in [0.05, 0.1) is 0 Å². The molecular formula is C15H23ClN2. The average Bonchev–Trinajstić information content (AvgIpc) is 2.35. The molecule has 1 aromatic carbocycles. The number of nitrogens with zero attached hydrogens (tertiary/aromatic N) is 1. The second-order valence-electron chi connectivity index (χ2n) is 5.43. The second kappa shape index (κ2) is 6.05. The summed E-state index contributed by atoms with van der Waals surface area (Å²) in [5, 5.41) is 4.36. The first kappa shape index (κ1) is 13.9. The summed E-state index contributed by atoms with van der Waals surface area (Å²) >= 11 is 6.06. The van der Waals surface area contributed by atoms with Crippen LogP contribution >= 0.6 is 11.6 Å². The van der Waals surface area contributed by atoms with E-state index in [0.717, 1.165) is 24.7 Å². The highest BCUT2D eigenvalue weighted by Gasteiger charge is 2.25. The summed E-state index contributed by atoms with van der Waals surface area (Å²) in [6, 6.07) is 9.41. The van der Waals surface area contributed by atoms with Crippen molar-refractivity contribution >= 4 is 11.6 Å². The molecule has 0 aromatic heterocycles. The molecule has 2 rings (SSSR count). The maximum atomic E-state index is 6.06. The van der Waals surface area contributed by atoms with Crippen LogP contribution in [0.1, 0.15) is 32.3 Å². The van der Waals surface area contributed by atoms with E-state index in [4.69, 9.17) is 11.6 Å². The number of halogens is 1. The molecule has 0 bridgehead atoms. The van der Waals surface area contributed by atoms with Crippen molar-refractivity contribution in [3.05, 3.63) is 34.9 Å². The lowest BCUT2D eigenvalue weighted by molar-refractivity contribution is 0.132. The number of hydrogen-bond acceptors (Lipinski definition) is 2. The summed E-state index contributed by atoms with van der Waals surface area (Å²) in [6.45, 7) is 10.2. The molecule has 3 heteroatoms. The van der Waals surface area contributed by atoms with Crippen LogP contribution in [0.25, 0.3) is 0 Å². The Morgan fingerprint density at radius 2 is 2.22 bits per heavy atom. The Morgan fingerprint density at radius 1 is 1.44 bits per heavy atom. The molecule has 2 nitrogen and oxygen atoms in total. The number of nitrogens with one attached hydrogen (secondary N) is 1. The summed E-state index contributed by atoms with van der Waals surface area (Å²) in [4.78, 5) is 2.58. The number of benzene rings is 1. The van der Waals surface area contributed by atoms with E-state index in [-0.39, 0.29) is 0 Å². The molecule has 1 aliphatic heterocycles. The molecule has 1 N–H and O–H groups in total. The molecular weight excluding hydrogens is 244 g/mol. The third-order valence-electron chi connectivity index (χ3n) is 4.09. The van der Waals surface area contributed by atoms with Gasteiger partial charge in [-0.15, -0.1) is 0 Å². The Labute approximate surface area is 115 Å². The Hall–Kier alpha value is -0.570. The molecule has 1 aliphatic rings. The fraction of sp³-hybridized carbons (Fsp3) is 0.600. The number of hydrogen-bond donors (Lipinski definition) is 1. The van der Waals surface area contributed by atoms with Gasteiger partial charge < -0.3 is 5.32 Å². The summed E-state index contributed by atoms with van der Waals surface area (Å²) < 4.78 is 0. The maximum absolute atomic E-state index is 6.06. The van der Waals surface area contributed by atoms with Gasteiger partial charge in [-0.05, 0) is 37.5 Å². The zero-order chi connectivity index (χ0) is 13.1. The third-order valence-corrected chi connectivity index (χ3v) is 4.33. The van der Waals surface area contributed by atoms with Crippen molar-refractivity contribution in [2.45, 2.75) is 38.8 Å². The topological polar surface area (TPSA) is 15.3 Å². The average molecular weight is 267 g/mol. The van der Waals surface area contributed by atoms with Gasteiger partial charge in [0.25, 0.3) is 0 Å². The highest BCUT2D eigenvalue weighted by atomic mass is 35.5. The van der Waals surface area contributed by atoms with Gasteiger partial charge in [0.1, 0.15) is 0 Å². The van der Waals surface area contributed by atoms with E-state index in [2.05, 4.69) is 43.1 Å². The highest BCUT2D eigenvalue weighted by molar-refractivity contribution is 6.30. The minimum atomic E-state index is 0.524. The maximum Gasteiger partial charge on any atom is 0.0408 e. The first-order chi connectivity index (χ1) is 8.58. The molecule has 1 heterocycles. The summed E-state index contributed by atoms with van der Waals surface area (Å²) in [7, 11) is 0. The summed E-state index contributed by atoms with van der Waals surface area (Å²) in [5.41, 5.74) is 1.33. The molecule has 1 aromatic rings. The van der Waals surface area contributed by atoms with E-state index in [1.807, 2.05) is 12.1 Å². The lowest BCUT2D eigenvalue weighted by Gasteiger charge is -2.40. The largest absolute Gasteiger partial charge is 0.311 e. The van der Waals surface area contributed by atoms with E-state index >= 15 is 0 Å². The van der Waals surface area contributed by atoms with Crippen LogP contribution in [0, 0.1) is 0 Å². The predicted molar refractivity (Wildman–Crippen MR) is 78.4 cm³/mol. The lowest BCUT2D eigenvalue weighted by atomic mass is 9.98. The van der Waals surface area contributed by atoms with Crippen LogP contribution < -0.4 is 5.32 Å². The predicted octanol–water partition coefficient (Wildman–Crippen LogP) is 3.13. The van der Waals surface area contributed by atoms with Gasteiger partial charge in [-0.2, -0.15) is 0 Å². The van der Waals surface area contributed by atoms with Gasteiger partial charge >= 0.3 is 0 Å². The number of rotatable bonds is 3. The first-order valence-electron chi connectivity index (χ1n) is 6.81. The minimum absolute atomic E-state index is 0.524. The first-order valence-corrected chi connectivity index (χ1v) is 7.18. The van der Waals surface area contributed by atoms with Crippen LogP contribution in [0.5, 0.6) is 0 Å². The normalized spacial score (nSPS) is 27.1. The molecule has 3 unspecified atom stereocenters. The van der Waals surface area contributed by atoms with Gasteiger partial charge in [-0.25, -0.2) is 0 Å². The fourth-order valence-corrected chi connectivity index (χ4v) is 2.85. The van der Waals surface area contributed by atoms with Crippen LogP contribution in [-0.4, -0.2) is 36.6 Å². The van der Waals surface area contributed by atoms with Crippen LogP contribution in [0.4, 0.5) is 0 Å². The Kier molecular flexibility index (Phi) is 4.66. The molecule has 3 atom stereocenters. The van der Waals surface area contributed by atoms with Crippen molar-refractivity contribution in [3.63, 3.8) is 0 Å². The monoisotopic (exact) mass is 266 g/mol. The van der Waals surface area contributed by atoms with Gasteiger partial charge in [0.2, 0.25) is 0 Å². The van der Waals surface area contributed by atoms with Gasteiger partial charge in [-0.1, -0.05) is 30.7 Å². The molecule has 0 radical (unpaired) electrons. The van der Waals surface area contributed by atoms with Gasteiger partial charge in [-0.3, -0.25) is 4.90 Å². The Bertz CT molecular complexity index is 394. The summed E-state index contributed by atoms with van der Waals surface area (Å²) in [5.74, 6) is 0.524. The number of piperazine rings is 1. The smallest absolute Gasteiger partial charge is 0.0408 e. The molecule has 0 aliphatic carbocycles.